The molecule has 5 nitrogen and oxygen atoms in total. The van der Waals surface area contributed by atoms with Gasteiger partial charge in [0.05, 0.1) is 6.61 Å². The van der Waals surface area contributed by atoms with E-state index < -0.39 is 14.1 Å². The number of hydrogen-bond acceptors (Lipinski definition) is 4. The molecule has 94 valence electrons. The Kier molecular flexibility index (Phi) is 4.18. The largest absolute Gasteiger partial charge is 0.475 e. The summed E-state index contributed by atoms with van der Waals surface area (Å²) in [5.41, 5.74) is 0. The average Bonchev–Trinajstić information content (AvgIpc) is 2.27. The molecule has 1 aliphatic heterocycles. The van der Waals surface area contributed by atoms with E-state index in [9.17, 15) is 9.46 Å². The number of para-hydroxylation sites is 1. The first-order valence-electron chi connectivity index (χ1n) is 5.53. The molecular weight excluding hydrogens is 243 g/mol. The standard InChI is InChI=1S/C11H15O5P/c12-17(13)14-9-5-4-8-11(16-17)15-10-6-2-1-3-7-10/h1-3,6-7,11H,4-5,8-9H2,(H,12,13). The molecule has 0 spiro atoms. The molecule has 0 bridgehead atoms. The van der Waals surface area contributed by atoms with E-state index in [0.717, 1.165) is 12.8 Å². The van der Waals surface area contributed by atoms with Gasteiger partial charge in [0.15, 0.2) is 0 Å². The number of phosphoric acid groups is 1. The van der Waals surface area contributed by atoms with E-state index in [4.69, 9.17) is 13.8 Å². The van der Waals surface area contributed by atoms with E-state index in [0.29, 0.717) is 12.2 Å². The molecule has 2 unspecified atom stereocenters. The van der Waals surface area contributed by atoms with E-state index in [1.165, 1.54) is 0 Å². The van der Waals surface area contributed by atoms with Gasteiger partial charge in [-0.3, -0.25) is 4.52 Å². The number of rotatable bonds is 2. The van der Waals surface area contributed by atoms with Crippen molar-refractivity contribution < 1.29 is 23.2 Å². The normalized spacial score (nSPS) is 30.3. The second-order valence-corrected chi connectivity index (χ2v) is 5.17. The van der Waals surface area contributed by atoms with Crippen molar-refractivity contribution in [1.29, 1.82) is 0 Å². The van der Waals surface area contributed by atoms with Gasteiger partial charge in [0.25, 0.3) is 0 Å². The van der Waals surface area contributed by atoms with Gasteiger partial charge in [-0.1, -0.05) is 18.2 Å². The second-order valence-electron chi connectivity index (χ2n) is 3.76. The first-order valence-corrected chi connectivity index (χ1v) is 7.03. The van der Waals surface area contributed by atoms with Crippen LogP contribution in [0.15, 0.2) is 30.3 Å². The monoisotopic (exact) mass is 258 g/mol. The molecule has 1 aliphatic rings. The third-order valence-corrected chi connectivity index (χ3v) is 3.36. The van der Waals surface area contributed by atoms with Crippen LogP contribution in [-0.4, -0.2) is 17.8 Å². The molecular formula is C11H15O5P. The quantitative estimate of drug-likeness (QED) is 0.826. The molecule has 0 radical (unpaired) electrons. The van der Waals surface area contributed by atoms with Gasteiger partial charge in [-0.15, -0.1) is 0 Å². The predicted octanol–water partition coefficient (Wildman–Crippen LogP) is 2.71. The maximum absolute atomic E-state index is 11.4. The first-order chi connectivity index (χ1) is 8.16. The Morgan fingerprint density at radius 3 is 2.82 bits per heavy atom. The Bertz CT molecular complexity index is 394. The summed E-state index contributed by atoms with van der Waals surface area (Å²) in [4.78, 5) is 9.36. The van der Waals surface area contributed by atoms with Crippen LogP contribution in [-0.2, 0) is 13.6 Å². The van der Waals surface area contributed by atoms with Crippen LogP contribution in [0, 0.1) is 0 Å². The molecule has 2 atom stereocenters. The summed E-state index contributed by atoms with van der Waals surface area (Å²) in [6.45, 7) is 0.242. The van der Waals surface area contributed by atoms with Gasteiger partial charge in [-0.2, -0.15) is 0 Å². The molecule has 1 heterocycles. The van der Waals surface area contributed by atoms with E-state index in [2.05, 4.69) is 0 Å². The lowest BCUT2D eigenvalue weighted by molar-refractivity contribution is -0.0373. The fourth-order valence-corrected chi connectivity index (χ4v) is 2.42. The third-order valence-electron chi connectivity index (χ3n) is 2.35. The van der Waals surface area contributed by atoms with Crippen LogP contribution in [0.5, 0.6) is 5.75 Å². The van der Waals surface area contributed by atoms with E-state index >= 15 is 0 Å². The second kappa shape index (κ2) is 5.65. The Labute approximate surface area is 99.9 Å². The fourth-order valence-electron chi connectivity index (χ4n) is 1.56. The van der Waals surface area contributed by atoms with Crippen molar-refractivity contribution >= 4 is 7.82 Å². The van der Waals surface area contributed by atoms with Crippen LogP contribution in [0.4, 0.5) is 0 Å². The first kappa shape index (κ1) is 12.6. The molecule has 0 aliphatic carbocycles. The van der Waals surface area contributed by atoms with Gasteiger partial charge >= 0.3 is 7.82 Å². The lowest BCUT2D eigenvalue weighted by Crippen LogP contribution is -2.21. The zero-order valence-corrected chi connectivity index (χ0v) is 10.2. The van der Waals surface area contributed by atoms with Gasteiger partial charge in [-0.05, 0) is 25.0 Å². The van der Waals surface area contributed by atoms with Gasteiger partial charge in [0.2, 0.25) is 6.29 Å². The average molecular weight is 258 g/mol. The molecule has 0 saturated carbocycles. The lowest BCUT2D eigenvalue weighted by atomic mass is 10.2. The molecule has 0 amide bonds. The predicted molar refractivity (Wildman–Crippen MR) is 61.6 cm³/mol. The number of ether oxygens (including phenoxy) is 1. The highest BCUT2D eigenvalue weighted by atomic mass is 31.2. The zero-order chi connectivity index (χ0) is 12.1. The van der Waals surface area contributed by atoms with Crippen LogP contribution >= 0.6 is 7.82 Å². The minimum Gasteiger partial charge on any atom is -0.464 e. The molecule has 2 rings (SSSR count). The fraction of sp³-hybridized carbons (Fsp3) is 0.455. The van der Waals surface area contributed by atoms with Crippen molar-refractivity contribution in [2.24, 2.45) is 0 Å². The maximum atomic E-state index is 11.4. The highest BCUT2D eigenvalue weighted by molar-refractivity contribution is 7.47. The molecule has 1 aromatic carbocycles. The van der Waals surface area contributed by atoms with Crippen molar-refractivity contribution in [3.63, 3.8) is 0 Å². The van der Waals surface area contributed by atoms with E-state index in [1.54, 1.807) is 12.1 Å². The van der Waals surface area contributed by atoms with Crippen molar-refractivity contribution in [3.05, 3.63) is 30.3 Å². The Morgan fingerprint density at radius 2 is 2.06 bits per heavy atom. The highest BCUT2D eigenvalue weighted by Gasteiger charge is 2.29. The molecule has 1 N–H and O–H groups in total. The van der Waals surface area contributed by atoms with Gasteiger partial charge in [-0.25, -0.2) is 9.09 Å². The van der Waals surface area contributed by atoms with Crippen LogP contribution < -0.4 is 4.74 Å². The van der Waals surface area contributed by atoms with Crippen LogP contribution in [0.25, 0.3) is 0 Å². The van der Waals surface area contributed by atoms with Crippen LogP contribution in [0.1, 0.15) is 19.3 Å². The lowest BCUT2D eigenvalue weighted by Gasteiger charge is -2.24. The third kappa shape index (κ3) is 4.13. The zero-order valence-electron chi connectivity index (χ0n) is 9.32. The Balaban J connectivity index is 2.00. The number of benzene rings is 1. The minimum atomic E-state index is -3.98. The molecule has 1 saturated heterocycles. The summed E-state index contributed by atoms with van der Waals surface area (Å²) < 4.78 is 26.6. The molecule has 17 heavy (non-hydrogen) atoms. The summed E-state index contributed by atoms with van der Waals surface area (Å²) in [7, 11) is -3.98. The SMILES string of the molecule is O=P1(O)OCCCCC(Oc2ccccc2)O1. The van der Waals surface area contributed by atoms with Crippen molar-refractivity contribution in [3.8, 4) is 5.75 Å². The molecule has 0 aromatic heterocycles. The summed E-state index contributed by atoms with van der Waals surface area (Å²) in [6, 6.07) is 9.06. The number of phosphoric ester groups is 1. The van der Waals surface area contributed by atoms with Crippen molar-refractivity contribution in [2.45, 2.75) is 25.6 Å². The van der Waals surface area contributed by atoms with Gasteiger partial charge in [0.1, 0.15) is 5.75 Å². The number of hydrogen-bond donors (Lipinski definition) is 1. The summed E-state index contributed by atoms with van der Waals surface area (Å²) in [5, 5.41) is 0. The summed E-state index contributed by atoms with van der Waals surface area (Å²) in [5.74, 6) is 0.609. The van der Waals surface area contributed by atoms with Gasteiger partial charge in [0, 0.05) is 6.42 Å². The van der Waals surface area contributed by atoms with Crippen molar-refractivity contribution in [1.82, 2.24) is 0 Å². The topological polar surface area (TPSA) is 65.0 Å². The Hall–Kier alpha value is -0.870. The maximum Gasteiger partial charge on any atom is 0.475 e. The minimum absolute atomic E-state index is 0.242. The van der Waals surface area contributed by atoms with Crippen molar-refractivity contribution in [2.75, 3.05) is 6.61 Å². The van der Waals surface area contributed by atoms with Crippen LogP contribution in [0.2, 0.25) is 0 Å². The molecule has 6 heteroatoms. The van der Waals surface area contributed by atoms with E-state index in [1.807, 2.05) is 18.2 Å². The van der Waals surface area contributed by atoms with Crippen LogP contribution in [0.3, 0.4) is 0 Å². The molecule has 1 aromatic rings. The molecule has 1 fully saturated rings. The van der Waals surface area contributed by atoms with E-state index in [-0.39, 0.29) is 6.61 Å². The highest BCUT2D eigenvalue weighted by Crippen LogP contribution is 2.46. The smallest absolute Gasteiger partial charge is 0.464 e. The Morgan fingerprint density at radius 1 is 1.29 bits per heavy atom. The van der Waals surface area contributed by atoms with Gasteiger partial charge < -0.3 is 9.63 Å². The summed E-state index contributed by atoms with van der Waals surface area (Å²) >= 11 is 0. The summed E-state index contributed by atoms with van der Waals surface area (Å²) in [6.07, 6.45) is 1.39.